The van der Waals surface area contributed by atoms with Gasteiger partial charge in [0.25, 0.3) is 0 Å². The van der Waals surface area contributed by atoms with Gasteiger partial charge in [0.15, 0.2) is 0 Å². The number of nitrogens with two attached hydrogens (primary N) is 1. The van der Waals surface area contributed by atoms with Crippen LogP contribution in [-0.4, -0.2) is 25.8 Å². The Labute approximate surface area is 109 Å². The number of aryl methyl sites for hydroxylation is 1. The van der Waals surface area contributed by atoms with Crippen LogP contribution in [0.3, 0.4) is 0 Å². The van der Waals surface area contributed by atoms with Crippen LogP contribution in [0.5, 0.6) is 0 Å². The normalized spacial score (nSPS) is 12.3. The van der Waals surface area contributed by atoms with E-state index in [1.165, 1.54) is 10.4 Å². The molecule has 1 aromatic heterocycles. The monoisotopic (exact) mass is 274 g/mol. The highest BCUT2D eigenvalue weighted by molar-refractivity contribution is 7.89. The van der Waals surface area contributed by atoms with Crippen molar-refractivity contribution in [1.29, 1.82) is 0 Å². The van der Waals surface area contributed by atoms with Gasteiger partial charge in [0.2, 0.25) is 10.0 Å². The van der Waals surface area contributed by atoms with Gasteiger partial charge < -0.3 is 10.2 Å². The summed E-state index contributed by atoms with van der Waals surface area (Å²) in [5.74, 6) is 0.906. The lowest BCUT2D eigenvalue weighted by Gasteiger charge is -2.19. The molecule has 5 nitrogen and oxygen atoms in total. The smallest absolute Gasteiger partial charge is 0.246 e. The van der Waals surface area contributed by atoms with E-state index in [9.17, 15) is 8.42 Å². The maximum Gasteiger partial charge on any atom is 0.246 e. The largest absolute Gasteiger partial charge is 0.464 e. The number of sulfonamides is 1. The van der Waals surface area contributed by atoms with Gasteiger partial charge in [-0.3, -0.25) is 0 Å². The number of furan rings is 1. The average molecular weight is 274 g/mol. The van der Waals surface area contributed by atoms with Gasteiger partial charge >= 0.3 is 0 Å². The molecule has 6 heteroatoms. The maximum absolute atomic E-state index is 12.4. The Morgan fingerprint density at radius 2 is 2.06 bits per heavy atom. The topological polar surface area (TPSA) is 76.5 Å². The molecule has 104 valence electrons. The average Bonchev–Trinajstić information content (AvgIpc) is 2.72. The molecule has 0 fully saturated rings. The van der Waals surface area contributed by atoms with E-state index < -0.39 is 10.0 Å². The summed E-state index contributed by atoms with van der Waals surface area (Å²) in [6, 6.07) is 1.53. The second kappa shape index (κ2) is 6.36. The molecular formula is C12H22N2O3S. The van der Waals surface area contributed by atoms with Crippen molar-refractivity contribution >= 4 is 10.0 Å². The third-order valence-electron chi connectivity index (χ3n) is 2.86. The summed E-state index contributed by atoms with van der Waals surface area (Å²) in [7, 11) is -3.46. The van der Waals surface area contributed by atoms with Crippen LogP contribution in [0.15, 0.2) is 15.4 Å². The van der Waals surface area contributed by atoms with Gasteiger partial charge in [-0.25, -0.2) is 8.42 Å². The first-order chi connectivity index (χ1) is 8.47. The minimum absolute atomic E-state index is 0.206. The zero-order chi connectivity index (χ0) is 13.8. The minimum atomic E-state index is -3.46. The molecule has 0 radical (unpaired) electrons. The molecule has 1 aromatic rings. The van der Waals surface area contributed by atoms with Crippen LogP contribution in [0.1, 0.15) is 38.2 Å². The summed E-state index contributed by atoms with van der Waals surface area (Å²) < 4.78 is 31.7. The molecule has 0 aromatic carbocycles. The number of hydrogen-bond acceptors (Lipinski definition) is 4. The third kappa shape index (κ3) is 3.13. The summed E-state index contributed by atoms with van der Waals surface area (Å²) in [4.78, 5) is 0.237. The molecule has 2 N–H and O–H groups in total. The summed E-state index contributed by atoms with van der Waals surface area (Å²) >= 11 is 0. The second-order valence-electron chi connectivity index (χ2n) is 4.19. The Kier molecular flexibility index (Phi) is 5.37. The molecular weight excluding hydrogens is 252 g/mol. The van der Waals surface area contributed by atoms with Crippen LogP contribution >= 0.6 is 0 Å². The predicted molar refractivity (Wildman–Crippen MR) is 70.7 cm³/mol. The van der Waals surface area contributed by atoms with Gasteiger partial charge in [0, 0.05) is 19.2 Å². The molecule has 0 amide bonds. The van der Waals surface area contributed by atoms with Crippen molar-refractivity contribution in [3.63, 3.8) is 0 Å². The van der Waals surface area contributed by atoms with Crippen molar-refractivity contribution in [2.45, 2.75) is 45.1 Å². The first-order valence-corrected chi connectivity index (χ1v) is 7.70. The van der Waals surface area contributed by atoms with E-state index in [1.54, 1.807) is 6.92 Å². The van der Waals surface area contributed by atoms with Gasteiger partial charge in [0.05, 0.1) is 6.54 Å². The van der Waals surface area contributed by atoms with E-state index in [2.05, 4.69) is 0 Å². The highest BCUT2D eigenvalue weighted by atomic mass is 32.2. The molecule has 1 rings (SSSR count). The summed E-state index contributed by atoms with van der Waals surface area (Å²) in [6.07, 6.45) is 1.82. The number of nitrogens with zero attached hydrogens (tertiary/aromatic N) is 1. The van der Waals surface area contributed by atoms with Crippen LogP contribution in [-0.2, 0) is 16.6 Å². The molecule has 0 unspecified atom stereocenters. The summed E-state index contributed by atoms with van der Waals surface area (Å²) in [5.41, 5.74) is 5.46. The fourth-order valence-electron chi connectivity index (χ4n) is 1.80. The Balaban J connectivity index is 3.06. The quantitative estimate of drug-likeness (QED) is 0.823. The molecule has 0 atom stereocenters. The Hall–Kier alpha value is -0.850. The first-order valence-electron chi connectivity index (χ1n) is 6.26. The Morgan fingerprint density at radius 1 is 1.39 bits per heavy atom. The van der Waals surface area contributed by atoms with Crippen LogP contribution in [0.4, 0.5) is 0 Å². The van der Waals surface area contributed by atoms with E-state index in [0.717, 1.165) is 12.8 Å². The molecule has 0 saturated heterocycles. The highest BCUT2D eigenvalue weighted by Crippen LogP contribution is 2.23. The molecule has 0 bridgehead atoms. The molecule has 1 heterocycles. The van der Waals surface area contributed by atoms with Crippen LogP contribution in [0.25, 0.3) is 0 Å². The maximum atomic E-state index is 12.4. The van der Waals surface area contributed by atoms with E-state index in [4.69, 9.17) is 10.2 Å². The van der Waals surface area contributed by atoms with E-state index in [0.29, 0.717) is 24.6 Å². The lowest BCUT2D eigenvalue weighted by Crippen LogP contribution is -2.32. The SMILES string of the molecule is CCCCN(CC)S(=O)(=O)c1cc(CN)oc1C. The standard InChI is InChI=1S/C12H22N2O3S/c1-4-6-7-14(5-2)18(15,16)12-8-11(9-13)17-10(12)3/h8H,4-7,9,13H2,1-3H3. The summed E-state index contributed by atoms with van der Waals surface area (Å²) in [5, 5.41) is 0. The molecule has 0 spiro atoms. The zero-order valence-electron chi connectivity index (χ0n) is 11.3. The first kappa shape index (κ1) is 15.2. The van der Waals surface area contributed by atoms with Crippen LogP contribution in [0, 0.1) is 6.92 Å². The fraction of sp³-hybridized carbons (Fsp3) is 0.667. The van der Waals surface area contributed by atoms with Crippen molar-refractivity contribution in [1.82, 2.24) is 4.31 Å². The van der Waals surface area contributed by atoms with Crippen molar-refractivity contribution < 1.29 is 12.8 Å². The molecule has 0 aliphatic heterocycles. The van der Waals surface area contributed by atoms with Crippen molar-refractivity contribution in [3.05, 3.63) is 17.6 Å². The fourth-order valence-corrected chi connectivity index (χ4v) is 3.48. The third-order valence-corrected chi connectivity index (χ3v) is 4.94. The van der Waals surface area contributed by atoms with E-state index in [-0.39, 0.29) is 11.4 Å². The highest BCUT2D eigenvalue weighted by Gasteiger charge is 2.27. The number of unbranched alkanes of at least 4 members (excludes halogenated alkanes) is 1. The predicted octanol–water partition coefficient (Wildman–Crippen LogP) is 1.86. The van der Waals surface area contributed by atoms with Gasteiger partial charge in [-0.15, -0.1) is 0 Å². The molecule has 0 saturated carbocycles. The summed E-state index contributed by atoms with van der Waals surface area (Å²) in [6.45, 7) is 6.74. The van der Waals surface area contributed by atoms with Crippen LogP contribution < -0.4 is 5.73 Å². The van der Waals surface area contributed by atoms with Crippen molar-refractivity contribution in [3.8, 4) is 0 Å². The van der Waals surface area contributed by atoms with Crippen molar-refractivity contribution in [2.24, 2.45) is 5.73 Å². The molecule has 0 aliphatic rings. The van der Waals surface area contributed by atoms with Crippen LogP contribution in [0.2, 0.25) is 0 Å². The lowest BCUT2D eigenvalue weighted by molar-refractivity contribution is 0.416. The molecule has 0 aliphatic carbocycles. The van der Waals surface area contributed by atoms with Gasteiger partial charge in [-0.2, -0.15) is 4.31 Å². The van der Waals surface area contributed by atoms with Crippen molar-refractivity contribution in [2.75, 3.05) is 13.1 Å². The Bertz CT molecular complexity index is 480. The second-order valence-corrected chi connectivity index (χ2v) is 6.09. The van der Waals surface area contributed by atoms with E-state index >= 15 is 0 Å². The van der Waals surface area contributed by atoms with E-state index in [1.807, 2.05) is 13.8 Å². The van der Waals surface area contributed by atoms with Gasteiger partial charge in [-0.1, -0.05) is 20.3 Å². The Morgan fingerprint density at radius 3 is 2.50 bits per heavy atom. The number of hydrogen-bond donors (Lipinski definition) is 1. The zero-order valence-corrected chi connectivity index (χ0v) is 12.1. The molecule has 18 heavy (non-hydrogen) atoms. The number of rotatable bonds is 7. The minimum Gasteiger partial charge on any atom is -0.464 e. The lowest BCUT2D eigenvalue weighted by atomic mass is 10.3. The van der Waals surface area contributed by atoms with Gasteiger partial charge in [-0.05, 0) is 13.3 Å². The van der Waals surface area contributed by atoms with Gasteiger partial charge in [0.1, 0.15) is 16.4 Å².